The number of para-hydroxylation sites is 2. The molecule has 4 heteroatoms. The van der Waals surface area contributed by atoms with Gasteiger partial charge in [0.25, 0.3) is 6.29 Å². The van der Waals surface area contributed by atoms with Gasteiger partial charge >= 0.3 is 21.7 Å². The van der Waals surface area contributed by atoms with Crippen LogP contribution in [0.4, 0.5) is 0 Å². The first-order valence-corrected chi connectivity index (χ1v) is 13.0. The van der Waals surface area contributed by atoms with Crippen LogP contribution in [0.3, 0.4) is 0 Å². The van der Waals surface area contributed by atoms with Crippen molar-refractivity contribution in [3.05, 3.63) is 131 Å². The molecule has 0 aromatic heterocycles. The number of allylic oxidation sites excluding steroid dienone is 2. The van der Waals surface area contributed by atoms with Crippen LogP contribution >= 0.6 is 11.6 Å². The minimum atomic E-state index is -0.957. The normalized spacial score (nSPS) is 14.5. The van der Waals surface area contributed by atoms with Crippen LogP contribution in [0, 0.1) is 0 Å². The van der Waals surface area contributed by atoms with Crippen molar-refractivity contribution >= 4 is 11.6 Å². The van der Waals surface area contributed by atoms with Gasteiger partial charge in [-0.2, -0.15) is 0 Å². The van der Waals surface area contributed by atoms with Gasteiger partial charge in [-0.15, -0.1) is 11.6 Å². The molecule has 186 valence electrons. The molecule has 1 aliphatic carbocycles. The summed E-state index contributed by atoms with van der Waals surface area (Å²) in [6, 6.07) is 36.6. The zero-order chi connectivity index (χ0) is 26.0. The molecular weight excluding hydrogens is 524 g/mol. The Bertz CT molecular complexity index is 1370. The second kappa shape index (κ2) is 11.8. The standard InChI is InChI=1S/C34H31ClO2.Ti/c1-23-24(2)26(4)34(35,25(23)3)33(36-31-21-13-11-19-29(31)27-15-7-5-8-16-27)37-32-22-14-12-20-30(32)28-17-9-6-10-18-28;/h5-22,33H,1-4H3;/q;+4. The number of hydrogen-bond donors (Lipinski definition) is 0. The Morgan fingerprint density at radius 3 is 1.26 bits per heavy atom. The Morgan fingerprint density at radius 2 is 0.868 bits per heavy atom. The van der Waals surface area contributed by atoms with E-state index in [0.717, 1.165) is 44.9 Å². The van der Waals surface area contributed by atoms with E-state index in [-0.39, 0.29) is 21.7 Å². The van der Waals surface area contributed by atoms with Gasteiger partial charge < -0.3 is 9.47 Å². The largest absolute Gasteiger partial charge is 4.00 e. The van der Waals surface area contributed by atoms with E-state index >= 15 is 0 Å². The van der Waals surface area contributed by atoms with Crippen molar-refractivity contribution in [1.29, 1.82) is 0 Å². The zero-order valence-corrected chi connectivity index (χ0v) is 24.5. The van der Waals surface area contributed by atoms with Crippen LogP contribution in [0.1, 0.15) is 27.7 Å². The van der Waals surface area contributed by atoms with Crippen LogP contribution in [-0.2, 0) is 21.7 Å². The summed E-state index contributed by atoms with van der Waals surface area (Å²) in [5.74, 6) is 1.44. The average Bonchev–Trinajstić information content (AvgIpc) is 3.10. The maximum Gasteiger partial charge on any atom is 4.00 e. The third-order valence-corrected chi connectivity index (χ3v) is 8.26. The summed E-state index contributed by atoms with van der Waals surface area (Å²) < 4.78 is 13.6. The topological polar surface area (TPSA) is 18.5 Å². The van der Waals surface area contributed by atoms with Crippen molar-refractivity contribution in [3.8, 4) is 33.8 Å². The van der Waals surface area contributed by atoms with Crippen LogP contribution in [0.15, 0.2) is 131 Å². The van der Waals surface area contributed by atoms with Crippen LogP contribution in [0.5, 0.6) is 11.5 Å². The van der Waals surface area contributed by atoms with E-state index in [9.17, 15) is 0 Å². The van der Waals surface area contributed by atoms with Gasteiger partial charge in [0.05, 0.1) is 0 Å². The first-order chi connectivity index (χ1) is 17.9. The van der Waals surface area contributed by atoms with Gasteiger partial charge in [-0.25, -0.2) is 0 Å². The molecule has 2 nitrogen and oxygen atoms in total. The van der Waals surface area contributed by atoms with E-state index in [0.29, 0.717) is 0 Å². The predicted molar refractivity (Wildman–Crippen MR) is 154 cm³/mol. The van der Waals surface area contributed by atoms with E-state index in [1.807, 2.05) is 72.8 Å². The Kier molecular flexibility index (Phi) is 8.68. The zero-order valence-electron chi connectivity index (χ0n) is 22.2. The number of hydrogen-bond acceptors (Lipinski definition) is 2. The summed E-state index contributed by atoms with van der Waals surface area (Å²) in [5, 5.41) is 0. The molecule has 0 radical (unpaired) electrons. The van der Waals surface area contributed by atoms with Crippen LogP contribution in [0.25, 0.3) is 22.3 Å². The van der Waals surface area contributed by atoms with E-state index in [1.165, 1.54) is 11.1 Å². The molecular formula is C34H31ClO2Ti+4. The molecule has 4 aromatic rings. The van der Waals surface area contributed by atoms with Crippen molar-refractivity contribution in [2.75, 3.05) is 0 Å². The second-order valence-electron chi connectivity index (χ2n) is 9.50. The molecule has 0 aliphatic heterocycles. The Morgan fingerprint density at radius 1 is 0.526 bits per heavy atom. The van der Waals surface area contributed by atoms with Crippen LogP contribution in [0.2, 0.25) is 0 Å². The molecule has 0 heterocycles. The number of ether oxygens (including phenoxy) is 2. The van der Waals surface area contributed by atoms with Gasteiger partial charge in [0.1, 0.15) is 11.5 Å². The summed E-state index contributed by atoms with van der Waals surface area (Å²) in [4.78, 5) is -0.957. The minimum Gasteiger partial charge on any atom is -0.452 e. The molecule has 0 atom stereocenters. The maximum absolute atomic E-state index is 7.56. The fourth-order valence-corrected chi connectivity index (χ4v) is 5.38. The molecule has 0 unspecified atom stereocenters. The summed E-state index contributed by atoms with van der Waals surface area (Å²) in [7, 11) is 0. The van der Waals surface area contributed by atoms with E-state index in [1.54, 1.807) is 0 Å². The molecule has 4 aromatic carbocycles. The smallest absolute Gasteiger partial charge is 0.452 e. The average molecular weight is 555 g/mol. The third kappa shape index (κ3) is 5.14. The van der Waals surface area contributed by atoms with E-state index in [4.69, 9.17) is 21.1 Å². The first-order valence-electron chi connectivity index (χ1n) is 12.6. The SMILES string of the molecule is CC1=C(C)C(Cl)(C(Oc2ccccc2-c2ccccc2)Oc2ccccc2-c2ccccc2)C(C)=C1C.[Ti+4]. The molecule has 0 N–H and O–H groups in total. The number of rotatable bonds is 7. The quantitative estimate of drug-likeness (QED) is 0.129. The molecule has 1 aliphatic rings. The second-order valence-corrected chi connectivity index (χ2v) is 10.1. The molecule has 0 saturated heterocycles. The van der Waals surface area contributed by atoms with Gasteiger partial charge in [0, 0.05) is 11.1 Å². The third-order valence-electron chi connectivity index (χ3n) is 7.52. The summed E-state index contributed by atoms with van der Waals surface area (Å²) >= 11 is 7.56. The maximum atomic E-state index is 7.56. The minimum absolute atomic E-state index is 0. The van der Waals surface area contributed by atoms with Gasteiger partial charge in [-0.1, -0.05) is 97.1 Å². The van der Waals surface area contributed by atoms with Crippen LogP contribution in [-0.4, -0.2) is 11.2 Å². The molecule has 0 bridgehead atoms. The molecule has 0 saturated carbocycles. The molecule has 0 spiro atoms. The van der Waals surface area contributed by atoms with Crippen LogP contribution < -0.4 is 9.47 Å². The Labute approximate surface area is 245 Å². The molecule has 5 rings (SSSR count). The van der Waals surface area contributed by atoms with Gasteiger partial charge in [0.2, 0.25) is 0 Å². The monoisotopic (exact) mass is 554 g/mol. The van der Waals surface area contributed by atoms with Crippen molar-refractivity contribution in [3.63, 3.8) is 0 Å². The fraction of sp³-hybridized carbons (Fsp3) is 0.176. The van der Waals surface area contributed by atoms with Crippen molar-refractivity contribution in [1.82, 2.24) is 0 Å². The van der Waals surface area contributed by atoms with Gasteiger partial charge in [-0.05, 0) is 73.2 Å². The van der Waals surface area contributed by atoms with Crippen molar-refractivity contribution < 1.29 is 31.2 Å². The summed E-state index contributed by atoms with van der Waals surface area (Å²) in [6.45, 7) is 8.39. The van der Waals surface area contributed by atoms with E-state index < -0.39 is 11.2 Å². The molecule has 0 amide bonds. The number of halogens is 1. The molecule has 0 fully saturated rings. The number of benzene rings is 4. The first kappa shape index (κ1) is 28.0. The van der Waals surface area contributed by atoms with Gasteiger partial charge in [0.15, 0.2) is 4.87 Å². The Hall–Kier alpha value is -3.04. The Balaban J connectivity index is 0.00000336. The van der Waals surface area contributed by atoms with E-state index in [2.05, 4.69) is 64.1 Å². The summed E-state index contributed by atoms with van der Waals surface area (Å²) in [6.07, 6.45) is -0.809. The predicted octanol–water partition coefficient (Wildman–Crippen LogP) is 9.47. The fourth-order valence-electron chi connectivity index (χ4n) is 5.01. The van der Waals surface area contributed by atoms with Gasteiger partial charge in [-0.3, -0.25) is 0 Å². The number of alkyl halides is 1. The van der Waals surface area contributed by atoms with Crippen molar-refractivity contribution in [2.45, 2.75) is 38.9 Å². The summed E-state index contributed by atoms with van der Waals surface area (Å²) in [5.41, 5.74) is 8.57. The molecule has 38 heavy (non-hydrogen) atoms. The van der Waals surface area contributed by atoms with Crippen molar-refractivity contribution in [2.24, 2.45) is 0 Å².